The molecule has 0 saturated carbocycles. The van der Waals surface area contributed by atoms with Gasteiger partial charge in [-0.3, -0.25) is 9.48 Å². The molecule has 1 N–H and O–H groups in total. The third kappa shape index (κ3) is 3.12. The lowest BCUT2D eigenvalue weighted by Gasteiger charge is -2.40. The van der Waals surface area contributed by atoms with E-state index in [0.717, 1.165) is 25.0 Å². The average Bonchev–Trinajstić information content (AvgIpc) is 2.89. The molecule has 118 valence electrons. The van der Waals surface area contributed by atoms with Gasteiger partial charge in [-0.25, -0.2) is 0 Å². The van der Waals surface area contributed by atoms with Gasteiger partial charge in [0, 0.05) is 32.4 Å². The zero-order valence-corrected chi connectivity index (χ0v) is 13.6. The Morgan fingerprint density at radius 3 is 2.48 bits per heavy atom. The fraction of sp³-hybridized carbons (Fsp3) is 0.750. The Morgan fingerprint density at radius 1 is 1.43 bits per heavy atom. The van der Waals surface area contributed by atoms with E-state index < -0.39 is 0 Å². The Kier molecular flexibility index (Phi) is 4.71. The monoisotopic (exact) mass is 293 g/mol. The van der Waals surface area contributed by atoms with Crippen LogP contribution in [-0.2, 0) is 7.05 Å². The number of hydrogen-bond acceptors (Lipinski definition) is 3. The van der Waals surface area contributed by atoms with Crippen molar-refractivity contribution in [2.24, 2.45) is 12.5 Å². The Bertz CT molecular complexity index is 494. The van der Waals surface area contributed by atoms with E-state index in [1.54, 1.807) is 4.68 Å². The van der Waals surface area contributed by atoms with Crippen LogP contribution in [0.3, 0.4) is 0 Å². The Labute approximate surface area is 126 Å². The fourth-order valence-electron chi connectivity index (χ4n) is 3.10. The number of rotatable bonds is 4. The molecular formula is C16H27N3O2. The number of aromatic nitrogens is 2. The van der Waals surface area contributed by atoms with Crippen LogP contribution < -0.4 is 0 Å². The summed E-state index contributed by atoms with van der Waals surface area (Å²) in [6.45, 7) is 7.95. The predicted molar refractivity (Wildman–Crippen MR) is 82.2 cm³/mol. The molecule has 0 aliphatic carbocycles. The molecule has 0 unspecified atom stereocenters. The summed E-state index contributed by atoms with van der Waals surface area (Å²) in [5, 5.41) is 13.9. The lowest BCUT2D eigenvalue weighted by atomic mass is 9.77. The number of aryl methyl sites for hydroxylation is 1. The molecule has 21 heavy (non-hydrogen) atoms. The summed E-state index contributed by atoms with van der Waals surface area (Å²) in [5.41, 5.74) is 1.62. The van der Waals surface area contributed by atoms with E-state index in [0.29, 0.717) is 24.7 Å². The zero-order chi connectivity index (χ0) is 15.6. The molecule has 5 nitrogen and oxygen atoms in total. The molecule has 2 rings (SSSR count). The Morgan fingerprint density at radius 2 is 2.05 bits per heavy atom. The van der Waals surface area contributed by atoms with Gasteiger partial charge in [0.05, 0.1) is 0 Å². The van der Waals surface area contributed by atoms with Crippen molar-refractivity contribution < 1.29 is 9.90 Å². The topological polar surface area (TPSA) is 58.4 Å². The SMILES string of the molecule is CCC1(CO)CCN(C(=O)c2cc(C(C)C)n(C)n2)CC1. The van der Waals surface area contributed by atoms with Crippen LogP contribution in [0.1, 0.15) is 62.1 Å². The van der Waals surface area contributed by atoms with Crippen molar-refractivity contribution in [2.45, 2.75) is 46.0 Å². The number of hydrogen-bond donors (Lipinski definition) is 1. The highest BCUT2D eigenvalue weighted by Gasteiger charge is 2.34. The minimum absolute atomic E-state index is 0.00396. The molecule has 1 fully saturated rings. The van der Waals surface area contributed by atoms with Crippen molar-refractivity contribution >= 4 is 5.91 Å². The van der Waals surface area contributed by atoms with Gasteiger partial charge in [0.1, 0.15) is 0 Å². The third-order valence-electron chi connectivity index (χ3n) is 4.92. The molecule has 0 radical (unpaired) electrons. The highest BCUT2D eigenvalue weighted by molar-refractivity contribution is 5.92. The number of amides is 1. The number of aliphatic hydroxyl groups is 1. The minimum Gasteiger partial charge on any atom is -0.396 e. The lowest BCUT2D eigenvalue weighted by Crippen LogP contribution is -2.44. The Balaban J connectivity index is 2.07. The second-order valence-electron chi connectivity index (χ2n) is 6.54. The van der Waals surface area contributed by atoms with Crippen LogP contribution in [0.5, 0.6) is 0 Å². The van der Waals surface area contributed by atoms with Crippen LogP contribution in [0.4, 0.5) is 0 Å². The van der Waals surface area contributed by atoms with Gasteiger partial charge in [0.25, 0.3) is 5.91 Å². The van der Waals surface area contributed by atoms with E-state index in [1.807, 2.05) is 18.0 Å². The molecule has 1 aliphatic rings. The third-order valence-corrected chi connectivity index (χ3v) is 4.92. The second kappa shape index (κ2) is 6.18. The molecule has 0 aromatic carbocycles. The van der Waals surface area contributed by atoms with Crippen molar-refractivity contribution in [2.75, 3.05) is 19.7 Å². The highest BCUT2D eigenvalue weighted by Crippen LogP contribution is 2.34. The minimum atomic E-state index is 0.00396. The largest absolute Gasteiger partial charge is 0.396 e. The van der Waals surface area contributed by atoms with Gasteiger partial charge in [0.2, 0.25) is 0 Å². The van der Waals surface area contributed by atoms with Crippen molar-refractivity contribution in [3.05, 3.63) is 17.5 Å². The molecule has 0 spiro atoms. The number of aliphatic hydroxyl groups excluding tert-OH is 1. The fourth-order valence-corrected chi connectivity index (χ4v) is 3.10. The molecule has 5 heteroatoms. The summed E-state index contributed by atoms with van der Waals surface area (Å²) < 4.78 is 1.80. The van der Waals surface area contributed by atoms with E-state index in [9.17, 15) is 9.90 Å². The molecule has 1 aromatic rings. The summed E-state index contributed by atoms with van der Waals surface area (Å²) in [7, 11) is 1.89. The summed E-state index contributed by atoms with van der Waals surface area (Å²) in [5.74, 6) is 0.368. The summed E-state index contributed by atoms with van der Waals surface area (Å²) in [6.07, 6.45) is 2.71. The van der Waals surface area contributed by atoms with Crippen molar-refractivity contribution in [3.63, 3.8) is 0 Å². The van der Waals surface area contributed by atoms with Crippen LogP contribution in [-0.4, -0.2) is 45.4 Å². The van der Waals surface area contributed by atoms with Gasteiger partial charge in [-0.05, 0) is 36.7 Å². The number of carbonyl (C=O) groups excluding carboxylic acids is 1. The number of nitrogens with zero attached hydrogens (tertiary/aromatic N) is 3. The summed E-state index contributed by atoms with van der Waals surface area (Å²) in [4.78, 5) is 14.4. The van der Waals surface area contributed by atoms with Gasteiger partial charge >= 0.3 is 0 Å². The molecule has 0 bridgehead atoms. The molecule has 2 heterocycles. The van der Waals surface area contributed by atoms with Gasteiger partial charge in [0.15, 0.2) is 5.69 Å². The quantitative estimate of drug-likeness (QED) is 0.925. The smallest absolute Gasteiger partial charge is 0.274 e. The molecule has 1 saturated heterocycles. The predicted octanol–water partition coefficient (Wildman–Crippen LogP) is 2.17. The normalized spacial score (nSPS) is 18.3. The van der Waals surface area contributed by atoms with Crippen LogP contribution in [0.2, 0.25) is 0 Å². The van der Waals surface area contributed by atoms with Gasteiger partial charge in [-0.2, -0.15) is 5.10 Å². The second-order valence-corrected chi connectivity index (χ2v) is 6.54. The standard InChI is InChI=1S/C16H27N3O2/c1-5-16(11-20)6-8-19(9-7-16)15(21)13-10-14(12(2)3)18(4)17-13/h10,12,20H,5-9,11H2,1-4H3. The summed E-state index contributed by atoms with van der Waals surface area (Å²) in [6, 6.07) is 1.90. The first-order valence-electron chi connectivity index (χ1n) is 7.86. The maximum Gasteiger partial charge on any atom is 0.274 e. The van der Waals surface area contributed by atoms with E-state index in [2.05, 4.69) is 25.9 Å². The molecule has 1 aromatic heterocycles. The van der Waals surface area contributed by atoms with E-state index in [1.165, 1.54) is 0 Å². The average molecular weight is 293 g/mol. The van der Waals surface area contributed by atoms with Crippen molar-refractivity contribution in [1.82, 2.24) is 14.7 Å². The maximum atomic E-state index is 12.6. The lowest BCUT2D eigenvalue weighted by molar-refractivity contribution is 0.0334. The molecule has 1 amide bonds. The molecule has 0 atom stereocenters. The van der Waals surface area contributed by atoms with E-state index >= 15 is 0 Å². The molecule has 1 aliphatic heterocycles. The highest BCUT2D eigenvalue weighted by atomic mass is 16.3. The zero-order valence-electron chi connectivity index (χ0n) is 13.6. The first-order chi connectivity index (χ1) is 9.92. The van der Waals surface area contributed by atoms with E-state index in [-0.39, 0.29) is 17.9 Å². The first-order valence-corrected chi connectivity index (χ1v) is 7.86. The van der Waals surface area contributed by atoms with Crippen LogP contribution in [0.15, 0.2) is 6.07 Å². The molecular weight excluding hydrogens is 266 g/mol. The van der Waals surface area contributed by atoms with Gasteiger partial charge < -0.3 is 10.0 Å². The van der Waals surface area contributed by atoms with Crippen LogP contribution in [0.25, 0.3) is 0 Å². The first kappa shape index (κ1) is 16.0. The van der Waals surface area contributed by atoms with Gasteiger partial charge in [-0.15, -0.1) is 0 Å². The number of piperidine rings is 1. The van der Waals surface area contributed by atoms with Crippen LogP contribution in [0, 0.1) is 5.41 Å². The van der Waals surface area contributed by atoms with Gasteiger partial charge in [-0.1, -0.05) is 20.8 Å². The number of likely N-dealkylation sites (tertiary alicyclic amines) is 1. The number of carbonyl (C=O) groups is 1. The Hall–Kier alpha value is -1.36. The van der Waals surface area contributed by atoms with E-state index in [4.69, 9.17) is 0 Å². The maximum absolute atomic E-state index is 12.6. The summed E-state index contributed by atoms with van der Waals surface area (Å²) >= 11 is 0. The van der Waals surface area contributed by atoms with Crippen molar-refractivity contribution in [3.8, 4) is 0 Å². The van der Waals surface area contributed by atoms with Crippen molar-refractivity contribution in [1.29, 1.82) is 0 Å². The van der Waals surface area contributed by atoms with Crippen LogP contribution >= 0.6 is 0 Å².